The van der Waals surface area contributed by atoms with Gasteiger partial charge in [0, 0.05) is 17.5 Å². The van der Waals surface area contributed by atoms with E-state index in [0.29, 0.717) is 5.95 Å². The van der Waals surface area contributed by atoms with E-state index in [0.717, 1.165) is 29.1 Å². The van der Waals surface area contributed by atoms with Crippen LogP contribution in [0.5, 0.6) is 0 Å². The van der Waals surface area contributed by atoms with E-state index < -0.39 is 0 Å². The first-order valence-corrected chi connectivity index (χ1v) is 5.66. The summed E-state index contributed by atoms with van der Waals surface area (Å²) >= 11 is 0. The average Bonchev–Trinajstić information content (AvgIpc) is 2.63. The van der Waals surface area contributed by atoms with Gasteiger partial charge in [-0.2, -0.15) is 5.10 Å². The molecule has 0 atom stereocenters. The number of fused-ring (bicyclic) bond motifs is 3. The maximum atomic E-state index is 5.65. The van der Waals surface area contributed by atoms with E-state index in [4.69, 9.17) is 5.73 Å². The summed E-state index contributed by atoms with van der Waals surface area (Å²) in [7, 11) is 0. The van der Waals surface area contributed by atoms with Crippen molar-refractivity contribution in [1.29, 1.82) is 0 Å². The number of hydrogen-bond donors (Lipinski definition) is 2. The highest BCUT2D eigenvalue weighted by Gasteiger charge is 2.35. The lowest BCUT2D eigenvalue weighted by atomic mass is 9.73. The average molecular weight is 229 g/mol. The summed E-state index contributed by atoms with van der Waals surface area (Å²) in [6.45, 7) is 6.48. The summed E-state index contributed by atoms with van der Waals surface area (Å²) in [4.78, 5) is 8.38. The van der Waals surface area contributed by atoms with Crippen molar-refractivity contribution in [2.75, 3.05) is 5.73 Å². The van der Waals surface area contributed by atoms with Crippen LogP contribution >= 0.6 is 0 Å². The van der Waals surface area contributed by atoms with Gasteiger partial charge in [-0.1, -0.05) is 13.8 Å². The number of hydrogen-bond acceptors (Lipinski definition) is 4. The highest BCUT2D eigenvalue weighted by atomic mass is 15.1. The van der Waals surface area contributed by atoms with Gasteiger partial charge >= 0.3 is 0 Å². The third-order valence-corrected chi connectivity index (χ3v) is 3.36. The van der Waals surface area contributed by atoms with Crippen molar-refractivity contribution >= 4 is 5.95 Å². The van der Waals surface area contributed by atoms with Crippen LogP contribution in [0.2, 0.25) is 0 Å². The summed E-state index contributed by atoms with van der Waals surface area (Å²) in [5, 5.41) is 7.41. The fourth-order valence-corrected chi connectivity index (χ4v) is 2.75. The zero-order chi connectivity index (χ0) is 12.2. The number of aromatic nitrogens is 4. The quantitative estimate of drug-likeness (QED) is 0.719. The number of anilines is 1. The Morgan fingerprint density at radius 2 is 2.12 bits per heavy atom. The molecule has 0 saturated carbocycles. The first-order valence-electron chi connectivity index (χ1n) is 5.66. The van der Waals surface area contributed by atoms with Crippen molar-refractivity contribution in [2.45, 2.75) is 32.6 Å². The molecule has 0 fully saturated rings. The summed E-state index contributed by atoms with van der Waals surface area (Å²) in [5.74, 6) is 0.301. The normalized spacial score (nSPS) is 16.4. The molecule has 3 N–H and O–H groups in total. The van der Waals surface area contributed by atoms with Gasteiger partial charge in [-0.3, -0.25) is 5.10 Å². The van der Waals surface area contributed by atoms with Gasteiger partial charge in [0.15, 0.2) is 0 Å². The van der Waals surface area contributed by atoms with E-state index in [9.17, 15) is 0 Å². The van der Waals surface area contributed by atoms with E-state index in [1.807, 2.05) is 13.1 Å². The molecule has 0 saturated heterocycles. The molecule has 1 aliphatic rings. The van der Waals surface area contributed by atoms with Crippen molar-refractivity contribution in [3.8, 4) is 11.4 Å². The lowest BCUT2D eigenvalue weighted by molar-refractivity contribution is 0.512. The maximum Gasteiger partial charge on any atom is 0.220 e. The monoisotopic (exact) mass is 229 g/mol. The first kappa shape index (κ1) is 10.3. The SMILES string of the molecule is Cc1[nH]nc2c1C(C)(C)Cc1cnc(N)nc1-2. The molecule has 3 rings (SSSR count). The van der Waals surface area contributed by atoms with Gasteiger partial charge < -0.3 is 5.73 Å². The van der Waals surface area contributed by atoms with Crippen molar-refractivity contribution in [2.24, 2.45) is 0 Å². The number of nitrogens with two attached hydrogens (primary N) is 1. The second-order valence-corrected chi connectivity index (χ2v) is 5.23. The van der Waals surface area contributed by atoms with Crippen LogP contribution in [0.4, 0.5) is 5.95 Å². The van der Waals surface area contributed by atoms with Crippen LogP contribution in [-0.2, 0) is 11.8 Å². The number of aromatic amines is 1. The molecule has 88 valence electrons. The van der Waals surface area contributed by atoms with Crippen LogP contribution in [0, 0.1) is 6.92 Å². The van der Waals surface area contributed by atoms with E-state index in [1.165, 1.54) is 5.56 Å². The Labute approximate surface area is 99.5 Å². The van der Waals surface area contributed by atoms with Crippen molar-refractivity contribution in [3.05, 3.63) is 23.0 Å². The van der Waals surface area contributed by atoms with Crippen LogP contribution in [0.3, 0.4) is 0 Å². The maximum absolute atomic E-state index is 5.65. The smallest absolute Gasteiger partial charge is 0.220 e. The van der Waals surface area contributed by atoms with Crippen LogP contribution in [0.1, 0.15) is 30.7 Å². The van der Waals surface area contributed by atoms with Crippen LogP contribution in [0.15, 0.2) is 6.20 Å². The molecule has 0 amide bonds. The Kier molecular flexibility index (Phi) is 1.85. The molecule has 0 bridgehead atoms. The number of aryl methyl sites for hydroxylation is 1. The van der Waals surface area contributed by atoms with Crippen molar-refractivity contribution < 1.29 is 0 Å². The molecule has 5 nitrogen and oxygen atoms in total. The van der Waals surface area contributed by atoms with Gasteiger partial charge in [0.2, 0.25) is 5.95 Å². The first-order chi connectivity index (χ1) is 7.99. The number of rotatable bonds is 0. The molecule has 1 aliphatic carbocycles. The molecule has 0 radical (unpaired) electrons. The Morgan fingerprint density at radius 1 is 1.35 bits per heavy atom. The fraction of sp³-hybridized carbons (Fsp3) is 0.417. The highest BCUT2D eigenvalue weighted by molar-refractivity contribution is 5.69. The Morgan fingerprint density at radius 3 is 2.88 bits per heavy atom. The molecule has 2 heterocycles. The van der Waals surface area contributed by atoms with Gasteiger partial charge in [0.1, 0.15) is 5.69 Å². The lowest BCUT2D eigenvalue weighted by Gasteiger charge is -2.30. The summed E-state index contributed by atoms with van der Waals surface area (Å²) in [6, 6.07) is 0. The van der Waals surface area contributed by atoms with Crippen molar-refractivity contribution in [1.82, 2.24) is 20.2 Å². The second-order valence-electron chi connectivity index (χ2n) is 5.23. The van der Waals surface area contributed by atoms with E-state index in [2.05, 4.69) is 34.0 Å². The standard InChI is InChI=1S/C12H15N5/c1-6-8-10(17-16-6)9-7(4-12(8,2)3)5-14-11(13)15-9/h5H,4H2,1-3H3,(H,16,17)(H2,13,14,15). The summed E-state index contributed by atoms with van der Waals surface area (Å²) in [5.41, 5.74) is 11.0. The fourth-order valence-electron chi connectivity index (χ4n) is 2.75. The van der Waals surface area contributed by atoms with Gasteiger partial charge in [-0.05, 0) is 24.3 Å². The third-order valence-electron chi connectivity index (χ3n) is 3.36. The number of nitrogens with one attached hydrogen (secondary N) is 1. The molecule has 5 heteroatoms. The Hall–Kier alpha value is -1.91. The van der Waals surface area contributed by atoms with Crippen LogP contribution in [0.25, 0.3) is 11.4 Å². The largest absolute Gasteiger partial charge is 0.368 e. The number of nitrogens with zero attached hydrogens (tertiary/aromatic N) is 3. The van der Waals surface area contributed by atoms with Crippen LogP contribution < -0.4 is 5.73 Å². The predicted octanol–water partition coefficient (Wildman–Crippen LogP) is 1.59. The molecule has 0 unspecified atom stereocenters. The van der Waals surface area contributed by atoms with E-state index in [-0.39, 0.29) is 5.41 Å². The minimum atomic E-state index is 0.0545. The Bertz CT molecular complexity index is 597. The molecule has 2 aromatic rings. The molecule has 0 aromatic carbocycles. The lowest BCUT2D eigenvalue weighted by Crippen LogP contribution is -2.26. The third kappa shape index (κ3) is 1.35. The highest BCUT2D eigenvalue weighted by Crippen LogP contribution is 2.42. The molecular formula is C12H15N5. The molecule has 0 aliphatic heterocycles. The topological polar surface area (TPSA) is 80.5 Å². The summed E-state index contributed by atoms with van der Waals surface area (Å²) in [6.07, 6.45) is 2.72. The molecule has 17 heavy (non-hydrogen) atoms. The molecular weight excluding hydrogens is 214 g/mol. The van der Waals surface area contributed by atoms with Crippen LogP contribution in [-0.4, -0.2) is 20.2 Å². The zero-order valence-corrected chi connectivity index (χ0v) is 10.2. The van der Waals surface area contributed by atoms with Gasteiger partial charge in [0.05, 0.1) is 5.69 Å². The van der Waals surface area contributed by atoms with Gasteiger partial charge in [-0.25, -0.2) is 9.97 Å². The predicted molar refractivity (Wildman–Crippen MR) is 65.5 cm³/mol. The summed E-state index contributed by atoms with van der Waals surface area (Å²) < 4.78 is 0. The van der Waals surface area contributed by atoms with E-state index in [1.54, 1.807) is 0 Å². The molecule has 0 spiro atoms. The minimum absolute atomic E-state index is 0.0545. The van der Waals surface area contributed by atoms with Crippen molar-refractivity contribution in [3.63, 3.8) is 0 Å². The zero-order valence-electron chi connectivity index (χ0n) is 10.2. The van der Waals surface area contributed by atoms with E-state index >= 15 is 0 Å². The Balaban J connectivity index is 2.33. The second kappa shape index (κ2) is 3.06. The molecule has 2 aromatic heterocycles. The minimum Gasteiger partial charge on any atom is -0.368 e. The number of H-pyrrole nitrogens is 1. The van der Waals surface area contributed by atoms with Gasteiger partial charge in [-0.15, -0.1) is 0 Å². The number of nitrogen functional groups attached to an aromatic ring is 1. The van der Waals surface area contributed by atoms with Gasteiger partial charge in [0.25, 0.3) is 0 Å².